The van der Waals surface area contributed by atoms with E-state index in [4.69, 9.17) is 13.2 Å². The summed E-state index contributed by atoms with van der Waals surface area (Å²) in [6.07, 6.45) is 0.735. The second-order valence-corrected chi connectivity index (χ2v) is 10.7. The summed E-state index contributed by atoms with van der Waals surface area (Å²) in [4.78, 5) is 17.6. The number of imidazole rings is 1. The highest BCUT2D eigenvalue weighted by Crippen LogP contribution is 2.42. The molecule has 0 radical (unpaired) electrons. The van der Waals surface area contributed by atoms with Crippen molar-refractivity contribution in [2.24, 2.45) is 17.3 Å². The van der Waals surface area contributed by atoms with Crippen LogP contribution in [0.5, 0.6) is 5.75 Å². The standard InChI is InChI=1S/C27H38F3N3O2.O2S/c1-7-23-32-24(25(34)31-16-19-10-8-17(2)9-11-19)18(3)33(23)21-13-12-20(22(14-21)35-6)15-26(4,5)27(28,29)30;1-3-2/h12-14,17,19H,7-11,15-16H2,1-6H3,(H,31,34);. The van der Waals surface area contributed by atoms with Crippen molar-refractivity contribution in [2.45, 2.75) is 79.3 Å². The number of aryl methyl sites for hydroxylation is 1. The molecule has 1 aromatic heterocycles. The molecular formula is C27H38F3N3O4S. The first kappa shape index (κ1) is 31.5. The van der Waals surface area contributed by atoms with Gasteiger partial charge in [0.25, 0.3) is 5.91 Å². The highest BCUT2D eigenvalue weighted by atomic mass is 32.1. The van der Waals surface area contributed by atoms with Gasteiger partial charge < -0.3 is 14.6 Å². The van der Waals surface area contributed by atoms with E-state index in [1.54, 1.807) is 18.2 Å². The van der Waals surface area contributed by atoms with Gasteiger partial charge in [0.1, 0.15) is 17.3 Å². The summed E-state index contributed by atoms with van der Waals surface area (Å²) in [5.74, 6) is 2.16. The molecule has 0 atom stereocenters. The summed E-state index contributed by atoms with van der Waals surface area (Å²) >= 11 is -0.750. The van der Waals surface area contributed by atoms with Gasteiger partial charge in [0.05, 0.1) is 23.9 Å². The van der Waals surface area contributed by atoms with Crippen LogP contribution in [0, 0.1) is 24.2 Å². The van der Waals surface area contributed by atoms with Crippen LogP contribution in [-0.4, -0.2) is 43.7 Å². The highest BCUT2D eigenvalue weighted by Gasteiger charge is 2.47. The van der Waals surface area contributed by atoms with Gasteiger partial charge >= 0.3 is 17.7 Å². The molecule has 0 spiro atoms. The molecule has 0 unspecified atom stereocenters. The number of hydrogen-bond donors (Lipinski definition) is 1. The summed E-state index contributed by atoms with van der Waals surface area (Å²) in [5, 5.41) is 3.07. The molecule has 0 bridgehead atoms. The molecule has 0 saturated heterocycles. The number of carbonyl (C=O) groups is 1. The minimum absolute atomic E-state index is 0.190. The van der Waals surface area contributed by atoms with Gasteiger partial charge in [-0.25, -0.2) is 4.98 Å². The first-order chi connectivity index (χ1) is 17.8. The smallest absolute Gasteiger partial charge is 0.394 e. The zero-order valence-corrected chi connectivity index (χ0v) is 23.7. The molecule has 212 valence electrons. The summed E-state index contributed by atoms with van der Waals surface area (Å²) in [6, 6.07) is 5.16. The topological polar surface area (TPSA) is 90.3 Å². The second-order valence-electron chi connectivity index (χ2n) is 10.6. The number of hydrogen-bond acceptors (Lipinski definition) is 5. The van der Waals surface area contributed by atoms with Crippen LogP contribution in [-0.2, 0) is 24.4 Å². The molecule has 1 amide bonds. The van der Waals surface area contributed by atoms with Crippen molar-refractivity contribution in [1.29, 1.82) is 0 Å². The third-order valence-corrected chi connectivity index (χ3v) is 7.32. The zero-order chi connectivity index (χ0) is 28.7. The lowest BCUT2D eigenvalue weighted by Gasteiger charge is -2.28. The van der Waals surface area contributed by atoms with Crippen molar-refractivity contribution in [2.75, 3.05) is 13.7 Å². The molecule has 11 heteroatoms. The Hall–Kier alpha value is -2.69. The van der Waals surface area contributed by atoms with Crippen LogP contribution in [0.15, 0.2) is 18.2 Å². The lowest BCUT2D eigenvalue weighted by molar-refractivity contribution is -0.211. The number of nitrogens with one attached hydrogen (secondary N) is 1. The van der Waals surface area contributed by atoms with E-state index in [0.29, 0.717) is 53.1 Å². The molecule has 1 saturated carbocycles. The van der Waals surface area contributed by atoms with Gasteiger partial charge in [-0.1, -0.05) is 46.6 Å². The minimum atomic E-state index is -4.33. The first-order valence-electron chi connectivity index (χ1n) is 12.8. The minimum Gasteiger partial charge on any atom is -0.496 e. The van der Waals surface area contributed by atoms with E-state index in [0.717, 1.165) is 18.8 Å². The predicted molar refractivity (Wildman–Crippen MR) is 140 cm³/mol. The second kappa shape index (κ2) is 13.4. The van der Waals surface area contributed by atoms with E-state index in [-0.39, 0.29) is 12.3 Å². The van der Waals surface area contributed by atoms with E-state index < -0.39 is 23.2 Å². The van der Waals surface area contributed by atoms with Gasteiger partial charge in [0, 0.05) is 19.0 Å². The highest BCUT2D eigenvalue weighted by molar-refractivity contribution is 7.51. The summed E-state index contributed by atoms with van der Waals surface area (Å²) in [6.45, 7) is 9.10. The number of nitrogens with zero attached hydrogens (tertiary/aromatic N) is 2. The third-order valence-electron chi connectivity index (χ3n) is 7.32. The molecular weight excluding hydrogens is 519 g/mol. The quantitative estimate of drug-likeness (QED) is 0.445. The molecule has 38 heavy (non-hydrogen) atoms. The molecule has 2 aromatic rings. The van der Waals surface area contributed by atoms with Crippen LogP contribution >= 0.6 is 0 Å². The molecule has 0 aliphatic heterocycles. The fourth-order valence-corrected chi connectivity index (χ4v) is 4.80. The zero-order valence-electron chi connectivity index (χ0n) is 22.9. The summed E-state index contributed by atoms with van der Waals surface area (Å²) in [5.41, 5.74) is 0.379. The molecule has 1 N–H and O–H groups in total. The molecule has 1 aromatic carbocycles. The van der Waals surface area contributed by atoms with Gasteiger partial charge in [-0.2, -0.15) is 21.6 Å². The fraction of sp³-hybridized carbons (Fsp3) is 0.630. The molecule has 1 aliphatic carbocycles. The van der Waals surface area contributed by atoms with Crippen LogP contribution in [0.25, 0.3) is 5.69 Å². The lowest BCUT2D eigenvalue weighted by Crippen LogP contribution is -2.34. The maximum Gasteiger partial charge on any atom is 0.394 e. The van der Waals surface area contributed by atoms with Crippen LogP contribution < -0.4 is 10.1 Å². The van der Waals surface area contributed by atoms with Crippen LogP contribution in [0.1, 0.15) is 80.9 Å². The van der Waals surface area contributed by atoms with Crippen molar-refractivity contribution >= 4 is 17.5 Å². The Balaban J connectivity index is 0.00000161. The number of amides is 1. The normalized spacial score (nSPS) is 17.8. The fourth-order valence-electron chi connectivity index (χ4n) is 4.80. The molecule has 7 nitrogen and oxygen atoms in total. The van der Waals surface area contributed by atoms with E-state index >= 15 is 0 Å². The Morgan fingerprint density at radius 2 is 1.79 bits per heavy atom. The van der Waals surface area contributed by atoms with Crippen LogP contribution in [0.4, 0.5) is 13.2 Å². The van der Waals surface area contributed by atoms with E-state index in [1.165, 1.54) is 33.8 Å². The summed E-state index contributed by atoms with van der Waals surface area (Å²) in [7, 11) is 1.45. The monoisotopic (exact) mass is 557 g/mol. The third kappa shape index (κ3) is 7.68. The Bertz CT molecular complexity index is 1130. The van der Waals surface area contributed by atoms with Gasteiger partial charge in [-0.15, -0.1) is 0 Å². The Morgan fingerprint density at radius 1 is 1.18 bits per heavy atom. The number of rotatable bonds is 8. The number of aromatic nitrogens is 2. The number of alkyl halides is 3. The lowest BCUT2D eigenvalue weighted by atomic mass is 9.83. The Morgan fingerprint density at radius 3 is 2.32 bits per heavy atom. The van der Waals surface area contributed by atoms with Crippen LogP contribution in [0.2, 0.25) is 0 Å². The Labute approximate surface area is 226 Å². The van der Waals surface area contributed by atoms with Crippen molar-refractivity contribution < 1.29 is 31.1 Å². The van der Waals surface area contributed by atoms with Crippen molar-refractivity contribution in [3.05, 3.63) is 41.0 Å². The summed E-state index contributed by atoms with van der Waals surface area (Å²) < 4.78 is 64.2. The molecule has 1 fully saturated rings. The number of carbonyl (C=O) groups excluding carboxylic acids is 1. The molecule has 3 rings (SSSR count). The average Bonchev–Trinajstić information content (AvgIpc) is 3.19. The van der Waals surface area contributed by atoms with E-state index in [2.05, 4.69) is 17.2 Å². The number of methoxy groups -OCH3 is 1. The van der Waals surface area contributed by atoms with Crippen molar-refractivity contribution in [3.63, 3.8) is 0 Å². The number of benzene rings is 1. The van der Waals surface area contributed by atoms with Gasteiger partial charge in [-0.05, 0) is 49.7 Å². The average molecular weight is 558 g/mol. The SMILES string of the molecule is CCc1nc(C(=O)NCC2CCC(C)CC2)c(C)n1-c1ccc(CC(C)(C)C(F)(F)F)c(OC)c1.O=S=O. The van der Waals surface area contributed by atoms with Gasteiger partial charge in [-0.3, -0.25) is 4.79 Å². The Kier molecular flexibility index (Phi) is 11.1. The van der Waals surface area contributed by atoms with Gasteiger partial charge in [0.15, 0.2) is 0 Å². The predicted octanol–water partition coefficient (Wildman–Crippen LogP) is 5.77. The molecule has 1 aliphatic rings. The van der Waals surface area contributed by atoms with Gasteiger partial charge in [0.2, 0.25) is 0 Å². The van der Waals surface area contributed by atoms with Crippen molar-refractivity contribution in [3.8, 4) is 11.4 Å². The first-order valence-corrected chi connectivity index (χ1v) is 13.5. The maximum absolute atomic E-state index is 13.4. The van der Waals surface area contributed by atoms with Crippen LogP contribution in [0.3, 0.4) is 0 Å². The van der Waals surface area contributed by atoms with E-state index in [1.807, 2.05) is 18.4 Å². The maximum atomic E-state index is 13.4. The number of ether oxygens (including phenoxy) is 1. The van der Waals surface area contributed by atoms with Crippen molar-refractivity contribution in [1.82, 2.24) is 14.9 Å². The largest absolute Gasteiger partial charge is 0.496 e. The van der Waals surface area contributed by atoms with E-state index in [9.17, 15) is 18.0 Å². The number of halogens is 3. The molecule has 1 heterocycles.